The van der Waals surface area contributed by atoms with E-state index in [1.807, 2.05) is 0 Å². The molecule has 0 heterocycles. The first-order chi connectivity index (χ1) is 5.65. The van der Waals surface area contributed by atoms with Crippen LogP contribution in [0.15, 0.2) is 18.2 Å². The number of aromatic carboxylic acids is 1. The predicted molar refractivity (Wildman–Crippen MR) is 52.8 cm³/mol. The Kier molecular flexibility index (Phi) is 2.91. The van der Waals surface area contributed by atoms with Gasteiger partial charge in [-0.3, -0.25) is 0 Å². The standard InChI is InChI=1S/C8H7IO3/c9-4-5-1-2-6(8(11)12)7(10)3-5/h1-3,10H,4H2,(H,11,12). The first kappa shape index (κ1) is 9.31. The van der Waals surface area contributed by atoms with Gasteiger partial charge >= 0.3 is 5.97 Å². The first-order valence-corrected chi connectivity index (χ1v) is 4.79. The Morgan fingerprint density at radius 2 is 2.17 bits per heavy atom. The van der Waals surface area contributed by atoms with E-state index in [2.05, 4.69) is 22.6 Å². The summed E-state index contributed by atoms with van der Waals surface area (Å²) in [7, 11) is 0. The summed E-state index contributed by atoms with van der Waals surface area (Å²) in [6.07, 6.45) is 0. The van der Waals surface area contributed by atoms with Crippen LogP contribution < -0.4 is 0 Å². The van der Waals surface area contributed by atoms with Crippen molar-refractivity contribution in [3.05, 3.63) is 29.3 Å². The molecule has 64 valence electrons. The summed E-state index contributed by atoms with van der Waals surface area (Å²) in [4.78, 5) is 10.5. The highest BCUT2D eigenvalue weighted by Crippen LogP contribution is 2.19. The number of hydrogen-bond acceptors (Lipinski definition) is 2. The molecule has 0 fully saturated rings. The number of halogens is 1. The predicted octanol–water partition coefficient (Wildman–Crippen LogP) is 2.03. The molecule has 0 saturated carbocycles. The molecule has 1 aromatic carbocycles. The van der Waals surface area contributed by atoms with Crippen molar-refractivity contribution in [2.75, 3.05) is 0 Å². The van der Waals surface area contributed by atoms with Crippen LogP contribution in [0.4, 0.5) is 0 Å². The van der Waals surface area contributed by atoms with E-state index < -0.39 is 5.97 Å². The van der Waals surface area contributed by atoms with Crippen molar-refractivity contribution in [2.24, 2.45) is 0 Å². The summed E-state index contributed by atoms with van der Waals surface area (Å²) >= 11 is 2.14. The Balaban J connectivity index is 3.12. The molecule has 0 atom stereocenters. The number of benzene rings is 1. The number of alkyl halides is 1. The molecule has 0 aliphatic heterocycles. The molecule has 0 aliphatic rings. The molecule has 0 bridgehead atoms. The summed E-state index contributed by atoms with van der Waals surface area (Å²) in [5.74, 6) is -1.27. The minimum Gasteiger partial charge on any atom is -0.507 e. The van der Waals surface area contributed by atoms with Gasteiger partial charge in [0.05, 0.1) is 0 Å². The third-order valence-electron chi connectivity index (χ3n) is 1.45. The smallest absolute Gasteiger partial charge is 0.339 e. The van der Waals surface area contributed by atoms with Crippen molar-refractivity contribution in [2.45, 2.75) is 4.43 Å². The molecule has 0 amide bonds. The van der Waals surface area contributed by atoms with Crippen LogP contribution in [0.1, 0.15) is 15.9 Å². The Labute approximate surface area is 83.2 Å². The second-order valence-electron chi connectivity index (χ2n) is 2.29. The largest absolute Gasteiger partial charge is 0.507 e. The van der Waals surface area contributed by atoms with Crippen LogP contribution in [0.2, 0.25) is 0 Å². The van der Waals surface area contributed by atoms with Gasteiger partial charge < -0.3 is 10.2 Å². The number of carboxylic acids is 1. The van der Waals surface area contributed by atoms with Gasteiger partial charge in [0.25, 0.3) is 0 Å². The van der Waals surface area contributed by atoms with E-state index in [1.165, 1.54) is 12.1 Å². The molecule has 0 radical (unpaired) electrons. The monoisotopic (exact) mass is 278 g/mol. The molecule has 1 rings (SSSR count). The van der Waals surface area contributed by atoms with Crippen LogP contribution in [0.25, 0.3) is 0 Å². The number of carboxylic acid groups (broad SMARTS) is 1. The highest BCUT2D eigenvalue weighted by molar-refractivity contribution is 14.1. The zero-order valence-electron chi connectivity index (χ0n) is 6.12. The van der Waals surface area contributed by atoms with Crippen LogP contribution in [0.3, 0.4) is 0 Å². The molecule has 3 nitrogen and oxygen atoms in total. The highest BCUT2D eigenvalue weighted by atomic mass is 127. The van der Waals surface area contributed by atoms with Crippen molar-refractivity contribution in [3.63, 3.8) is 0 Å². The fraction of sp³-hybridized carbons (Fsp3) is 0.125. The van der Waals surface area contributed by atoms with E-state index in [1.54, 1.807) is 6.07 Å². The van der Waals surface area contributed by atoms with E-state index in [0.717, 1.165) is 9.99 Å². The van der Waals surface area contributed by atoms with Gasteiger partial charge in [-0.25, -0.2) is 4.79 Å². The molecule has 2 N–H and O–H groups in total. The van der Waals surface area contributed by atoms with Gasteiger partial charge in [0.15, 0.2) is 0 Å². The number of phenols is 1. The maximum atomic E-state index is 10.5. The molecule has 0 spiro atoms. The normalized spacial score (nSPS) is 9.75. The van der Waals surface area contributed by atoms with E-state index in [9.17, 15) is 9.90 Å². The average molecular weight is 278 g/mol. The van der Waals surface area contributed by atoms with Crippen LogP contribution in [0, 0.1) is 0 Å². The van der Waals surface area contributed by atoms with E-state index in [4.69, 9.17) is 5.11 Å². The molecular formula is C8H7IO3. The highest BCUT2D eigenvalue weighted by Gasteiger charge is 2.08. The molecule has 0 unspecified atom stereocenters. The summed E-state index contributed by atoms with van der Waals surface area (Å²) in [6, 6.07) is 4.57. The first-order valence-electron chi connectivity index (χ1n) is 3.26. The molecule has 0 saturated heterocycles. The number of hydrogen-bond donors (Lipinski definition) is 2. The summed E-state index contributed by atoms with van der Waals surface area (Å²) in [5.41, 5.74) is 0.863. The van der Waals surface area contributed by atoms with Crippen LogP contribution in [0.5, 0.6) is 5.75 Å². The second kappa shape index (κ2) is 3.75. The van der Waals surface area contributed by atoms with Crippen molar-refractivity contribution in [1.82, 2.24) is 0 Å². The van der Waals surface area contributed by atoms with E-state index >= 15 is 0 Å². The minimum atomic E-state index is -1.10. The molecule has 12 heavy (non-hydrogen) atoms. The lowest BCUT2D eigenvalue weighted by molar-refractivity contribution is 0.0694. The molecule has 1 aromatic rings. The van der Waals surface area contributed by atoms with Crippen LogP contribution >= 0.6 is 22.6 Å². The van der Waals surface area contributed by atoms with Gasteiger partial charge in [-0.1, -0.05) is 28.7 Å². The van der Waals surface area contributed by atoms with Crippen molar-refractivity contribution in [1.29, 1.82) is 0 Å². The van der Waals surface area contributed by atoms with E-state index in [-0.39, 0.29) is 11.3 Å². The Bertz CT molecular complexity index is 309. The van der Waals surface area contributed by atoms with E-state index in [0.29, 0.717) is 0 Å². The fourth-order valence-corrected chi connectivity index (χ4v) is 1.32. The summed E-state index contributed by atoms with van der Waals surface area (Å²) in [5, 5.41) is 17.8. The van der Waals surface area contributed by atoms with Crippen molar-refractivity contribution >= 4 is 28.6 Å². The van der Waals surface area contributed by atoms with Gasteiger partial charge in [-0.15, -0.1) is 0 Å². The number of aromatic hydroxyl groups is 1. The molecule has 0 aromatic heterocycles. The van der Waals surface area contributed by atoms with Gasteiger partial charge in [-0.2, -0.15) is 0 Å². The third kappa shape index (κ3) is 1.88. The van der Waals surface area contributed by atoms with Gasteiger partial charge in [0.2, 0.25) is 0 Å². The average Bonchev–Trinajstić information content (AvgIpc) is 2.03. The van der Waals surface area contributed by atoms with Gasteiger partial charge in [0.1, 0.15) is 11.3 Å². The van der Waals surface area contributed by atoms with Gasteiger partial charge in [0, 0.05) is 4.43 Å². The zero-order valence-corrected chi connectivity index (χ0v) is 8.28. The Morgan fingerprint density at radius 1 is 1.50 bits per heavy atom. The minimum absolute atomic E-state index is 0.0522. The quantitative estimate of drug-likeness (QED) is 0.642. The van der Waals surface area contributed by atoms with Gasteiger partial charge in [-0.05, 0) is 17.7 Å². The number of rotatable bonds is 2. The third-order valence-corrected chi connectivity index (χ3v) is 2.33. The topological polar surface area (TPSA) is 57.5 Å². The number of carbonyl (C=O) groups is 1. The van der Waals surface area contributed by atoms with Crippen molar-refractivity contribution < 1.29 is 15.0 Å². The summed E-state index contributed by atoms with van der Waals surface area (Å²) < 4.78 is 0.755. The lowest BCUT2D eigenvalue weighted by atomic mass is 10.1. The second-order valence-corrected chi connectivity index (χ2v) is 3.05. The Hall–Kier alpha value is -0.780. The van der Waals surface area contributed by atoms with Crippen molar-refractivity contribution in [3.8, 4) is 5.75 Å². The lowest BCUT2D eigenvalue weighted by Crippen LogP contribution is -1.96. The zero-order chi connectivity index (χ0) is 9.14. The Morgan fingerprint density at radius 3 is 2.58 bits per heavy atom. The fourth-order valence-electron chi connectivity index (χ4n) is 0.841. The lowest BCUT2D eigenvalue weighted by Gasteiger charge is -2.00. The summed E-state index contributed by atoms with van der Waals surface area (Å²) in [6.45, 7) is 0. The maximum absolute atomic E-state index is 10.5. The molecule has 4 heteroatoms. The van der Waals surface area contributed by atoms with Crippen LogP contribution in [-0.4, -0.2) is 16.2 Å². The molecule has 0 aliphatic carbocycles. The molecular weight excluding hydrogens is 271 g/mol. The van der Waals surface area contributed by atoms with Crippen LogP contribution in [-0.2, 0) is 4.43 Å². The SMILES string of the molecule is O=C(O)c1ccc(CI)cc1O. The maximum Gasteiger partial charge on any atom is 0.339 e.